The van der Waals surface area contributed by atoms with E-state index in [1.807, 2.05) is 24.3 Å². The first-order valence-corrected chi connectivity index (χ1v) is 7.12. The van der Waals surface area contributed by atoms with Crippen LogP contribution in [0.5, 0.6) is 0 Å². The zero-order valence-corrected chi connectivity index (χ0v) is 11.9. The number of nitrogens with one attached hydrogen (secondary N) is 2. The van der Waals surface area contributed by atoms with Gasteiger partial charge < -0.3 is 10.6 Å². The lowest BCUT2D eigenvalue weighted by Crippen LogP contribution is -2.44. The van der Waals surface area contributed by atoms with E-state index in [0.717, 1.165) is 40.4 Å². The van der Waals surface area contributed by atoms with Crippen LogP contribution in [0.2, 0.25) is 0 Å². The number of carbonyl (C=O) groups excluding carboxylic acids is 1. The predicted molar refractivity (Wildman–Crippen MR) is 79.1 cm³/mol. The van der Waals surface area contributed by atoms with Crippen LogP contribution in [0.1, 0.15) is 12.8 Å². The van der Waals surface area contributed by atoms with Crippen molar-refractivity contribution in [3.8, 4) is 0 Å². The molecular weight excluding hydrogens is 306 g/mol. The Morgan fingerprint density at radius 1 is 1.32 bits per heavy atom. The third-order valence-electron chi connectivity index (χ3n) is 3.35. The number of halogens is 1. The fourth-order valence-electron chi connectivity index (χ4n) is 2.36. The van der Waals surface area contributed by atoms with E-state index in [4.69, 9.17) is 0 Å². The van der Waals surface area contributed by atoms with E-state index in [2.05, 4.69) is 31.5 Å². The molecular formula is C14H14BrN3O. The van der Waals surface area contributed by atoms with E-state index in [9.17, 15) is 4.79 Å². The van der Waals surface area contributed by atoms with Crippen molar-refractivity contribution in [3.05, 3.63) is 34.9 Å². The molecule has 98 valence electrons. The van der Waals surface area contributed by atoms with Crippen molar-refractivity contribution < 1.29 is 4.79 Å². The van der Waals surface area contributed by atoms with E-state index in [1.54, 1.807) is 6.20 Å². The normalized spacial score (nSPS) is 19.2. The van der Waals surface area contributed by atoms with Crippen molar-refractivity contribution in [2.45, 2.75) is 18.9 Å². The summed E-state index contributed by atoms with van der Waals surface area (Å²) < 4.78 is 1.03. The standard InChI is InChI=1S/C14H14BrN3O/c15-11-4-1-3-10-9(11)6-8-16-13(10)18-12-5-2-7-17-14(12)19/h1,3-4,6,8,12H,2,5,7H2,(H,16,18)(H,17,19). The first-order chi connectivity index (χ1) is 9.25. The number of benzene rings is 1. The van der Waals surface area contributed by atoms with Gasteiger partial charge in [0.2, 0.25) is 5.91 Å². The number of carbonyl (C=O) groups is 1. The number of hydrogen-bond donors (Lipinski definition) is 2. The van der Waals surface area contributed by atoms with Gasteiger partial charge in [-0.05, 0) is 25.0 Å². The third-order valence-corrected chi connectivity index (χ3v) is 4.04. The highest BCUT2D eigenvalue weighted by Crippen LogP contribution is 2.28. The minimum Gasteiger partial charge on any atom is -0.358 e. The fourth-order valence-corrected chi connectivity index (χ4v) is 2.86. The summed E-state index contributed by atoms with van der Waals surface area (Å²) >= 11 is 3.53. The van der Waals surface area contributed by atoms with Crippen molar-refractivity contribution in [2.75, 3.05) is 11.9 Å². The number of nitrogens with zero attached hydrogens (tertiary/aromatic N) is 1. The molecule has 5 heteroatoms. The number of amides is 1. The maximum atomic E-state index is 11.8. The van der Waals surface area contributed by atoms with Gasteiger partial charge in [0.1, 0.15) is 11.9 Å². The molecule has 1 aromatic heterocycles. The minimum absolute atomic E-state index is 0.0556. The molecule has 0 spiro atoms. The van der Waals surface area contributed by atoms with Crippen molar-refractivity contribution >= 4 is 38.4 Å². The minimum atomic E-state index is -0.189. The van der Waals surface area contributed by atoms with Crippen molar-refractivity contribution in [1.82, 2.24) is 10.3 Å². The molecule has 1 aliphatic rings. The highest BCUT2D eigenvalue weighted by atomic mass is 79.9. The van der Waals surface area contributed by atoms with Crippen LogP contribution in [0, 0.1) is 0 Å². The molecule has 1 aliphatic heterocycles. The Kier molecular flexibility index (Phi) is 3.38. The lowest BCUT2D eigenvalue weighted by Gasteiger charge is -2.23. The van der Waals surface area contributed by atoms with Crippen LogP contribution < -0.4 is 10.6 Å². The molecule has 2 heterocycles. The summed E-state index contributed by atoms with van der Waals surface area (Å²) in [6.07, 6.45) is 3.60. The van der Waals surface area contributed by atoms with E-state index in [1.165, 1.54) is 0 Å². The second-order valence-corrected chi connectivity index (χ2v) is 5.48. The summed E-state index contributed by atoms with van der Waals surface area (Å²) in [5.41, 5.74) is 0. The number of anilines is 1. The second-order valence-electron chi connectivity index (χ2n) is 4.62. The van der Waals surface area contributed by atoms with Gasteiger partial charge >= 0.3 is 0 Å². The van der Waals surface area contributed by atoms with Crippen molar-refractivity contribution in [2.24, 2.45) is 0 Å². The zero-order chi connectivity index (χ0) is 13.2. The molecule has 1 aromatic carbocycles. The first kappa shape index (κ1) is 12.4. The highest BCUT2D eigenvalue weighted by molar-refractivity contribution is 9.10. The molecule has 0 aliphatic carbocycles. The number of piperidine rings is 1. The number of rotatable bonds is 2. The van der Waals surface area contributed by atoms with Gasteiger partial charge in [0.05, 0.1) is 0 Å². The summed E-state index contributed by atoms with van der Waals surface area (Å²) in [5, 5.41) is 8.25. The van der Waals surface area contributed by atoms with Crippen LogP contribution in [0.3, 0.4) is 0 Å². The molecule has 1 atom stereocenters. The average molecular weight is 320 g/mol. The summed E-state index contributed by atoms with van der Waals surface area (Å²) in [6.45, 7) is 0.769. The quantitative estimate of drug-likeness (QED) is 0.894. The smallest absolute Gasteiger partial charge is 0.242 e. The van der Waals surface area contributed by atoms with Gasteiger partial charge in [-0.2, -0.15) is 0 Å². The van der Waals surface area contributed by atoms with Gasteiger partial charge in [-0.3, -0.25) is 4.79 Å². The molecule has 3 rings (SSSR count). The molecule has 19 heavy (non-hydrogen) atoms. The largest absolute Gasteiger partial charge is 0.358 e. The second kappa shape index (κ2) is 5.17. The fraction of sp³-hybridized carbons (Fsp3) is 0.286. The molecule has 0 saturated carbocycles. The summed E-state index contributed by atoms with van der Waals surface area (Å²) in [4.78, 5) is 16.2. The lowest BCUT2D eigenvalue weighted by atomic mass is 10.1. The van der Waals surface area contributed by atoms with Gasteiger partial charge in [0.15, 0.2) is 0 Å². The van der Waals surface area contributed by atoms with Crippen LogP contribution in [0.15, 0.2) is 34.9 Å². The molecule has 1 fully saturated rings. The number of hydrogen-bond acceptors (Lipinski definition) is 3. The maximum absolute atomic E-state index is 11.8. The van der Waals surface area contributed by atoms with E-state index in [-0.39, 0.29) is 11.9 Å². The summed E-state index contributed by atoms with van der Waals surface area (Å²) in [6, 6.07) is 7.76. The molecule has 1 saturated heterocycles. The average Bonchev–Trinajstić information content (AvgIpc) is 2.42. The van der Waals surface area contributed by atoms with E-state index in [0.29, 0.717) is 0 Å². The SMILES string of the molecule is O=C1NCCCC1Nc1nccc2c(Br)cccc12. The Labute approximate surface area is 119 Å². The predicted octanol–water partition coefficient (Wildman–Crippen LogP) is 2.69. The molecule has 1 amide bonds. The van der Waals surface area contributed by atoms with Crippen LogP contribution in [0.25, 0.3) is 10.8 Å². The highest BCUT2D eigenvalue weighted by Gasteiger charge is 2.22. The molecule has 1 unspecified atom stereocenters. The van der Waals surface area contributed by atoms with Gasteiger partial charge in [0.25, 0.3) is 0 Å². The van der Waals surface area contributed by atoms with E-state index < -0.39 is 0 Å². The van der Waals surface area contributed by atoms with Gasteiger partial charge in [0, 0.05) is 28.0 Å². The molecule has 2 aromatic rings. The Morgan fingerprint density at radius 3 is 3.05 bits per heavy atom. The van der Waals surface area contributed by atoms with Gasteiger partial charge in [-0.15, -0.1) is 0 Å². The molecule has 4 nitrogen and oxygen atoms in total. The zero-order valence-electron chi connectivity index (χ0n) is 10.3. The number of fused-ring (bicyclic) bond motifs is 1. The summed E-state index contributed by atoms with van der Waals surface area (Å²) in [7, 11) is 0. The van der Waals surface area contributed by atoms with Crippen LogP contribution >= 0.6 is 15.9 Å². The Morgan fingerprint density at radius 2 is 2.21 bits per heavy atom. The van der Waals surface area contributed by atoms with Crippen molar-refractivity contribution in [1.29, 1.82) is 0 Å². The number of pyridine rings is 1. The maximum Gasteiger partial charge on any atom is 0.242 e. The van der Waals surface area contributed by atoms with Crippen LogP contribution in [-0.4, -0.2) is 23.5 Å². The molecule has 0 radical (unpaired) electrons. The monoisotopic (exact) mass is 319 g/mol. The summed E-state index contributed by atoms with van der Waals surface area (Å²) in [5.74, 6) is 0.820. The van der Waals surface area contributed by atoms with Gasteiger partial charge in [-0.1, -0.05) is 28.1 Å². The Balaban J connectivity index is 1.96. The first-order valence-electron chi connectivity index (χ1n) is 6.33. The molecule has 2 N–H and O–H groups in total. The Hall–Kier alpha value is -1.62. The van der Waals surface area contributed by atoms with Crippen LogP contribution in [-0.2, 0) is 4.79 Å². The van der Waals surface area contributed by atoms with Gasteiger partial charge in [-0.25, -0.2) is 4.98 Å². The van der Waals surface area contributed by atoms with E-state index >= 15 is 0 Å². The van der Waals surface area contributed by atoms with Crippen LogP contribution in [0.4, 0.5) is 5.82 Å². The van der Waals surface area contributed by atoms with Crippen molar-refractivity contribution in [3.63, 3.8) is 0 Å². The topological polar surface area (TPSA) is 54.0 Å². The molecule has 0 bridgehead atoms. The Bertz CT molecular complexity index is 629. The number of aromatic nitrogens is 1. The lowest BCUT2D eigenvalue weighted by molar-refractivity contribution is -0.123. The third kappa shape index (κ3) is 2.42.